The minimum atomic E-state index is -3.30. The number of benzene rings is 1. The van der Waals surface area contributed by atoms with Gasteiger partial charge in [0.25, 0.3) is 5.91 Å². The van der Waals surface area contributed by atoms with Gasteiger partial charge in [0, 0.05) is 18.2 Å². The van der Waals surface area contributed by atoms with Gasteiger partial charge in [-0.15, -0.1) is 0 Å². The zero-order valence-corrected chi connectivity index (χ0v) is 16.5. The number of ether oxygens (including phenoxy) is 1. The van der Waals surface area contributed by atoms with E-state index in [9.17, 15) is 13.2 Å². The van der Waals surface area contributed by atoms with E-state index in [4.69, 9.17) is 9.57 Å². The van der Waals surface area contributed by atoms with E-state index in [1.54, 1.807) is 36.5 Å². The fourth-order valence-electron chi connectivity index (χ4n) is 2.93. The SMILES string of the molecule is O=C(Nc1ccccn1)/C(=N/O[C@@H]1CCOC1)c1ccc(S(=O)(=O)C2CC2)cc1. The van der Waals surface area contributed by atoms with Crippen LogP contribution in [0.3, 0.4) is 0 Å². The number of hydrogen-bond donors (Lipinski definition) is 1. The molecule has 0 bridgehead atoms. The maximum atomic E-state index is 12.8. The predicted molar refractivity (Wildman–Crippen MR) is 106 cm³/mol. The molecule has 0 unspecified atom stereocenters. The van der Waals surface area contributed by atoms with Gasteiger partial charge in [-0.05, 0) is 37.1 Å². The highest BCUT2D eigenvalue weighted by atomic mass is 32.2. The molecule has 29 heavy (non-hydrogen) atoms. The van der Waals surface area contributed by atoms with Crippen LogP contribution in [0, 0.1) is 0 Å². The van der Waals surface area contributed by atoms with Crippen molar-refractivity contribution in [2.24, 2.45) is 5.16 Å². The lowest BCUT2D eigenvalue weighted by Crippen LogP contribution is -2.25. The Morgan fingerprint density at radius 2 is 1.93 bits per heavy atom. The Hall–Kier alpha value is -2.78. The molecule has 1 N–H and O–H groups in total. The average molecular weight is 415 g/mol. The summed E-state index contributed by atoms with van der Waals surface area (Å²) < 4.78 is 30.0. The molecule has 0 spiro atoms. The molecule has 1 aromatic carbocycles. The van der Waals surface area contributed by atoms with Crippen molar-refractivity contribution in [3.8, 4) is 0 Å². The molecule has 1 aliphatic heterocycles. The van der Waals surface area contributed by atoms with Gasteiger partial charge in [-0.1, -0.05) is 23.4 Å². The number of amides is 1. The Morgan fingerprint density at radius 1 is 1.14 bits per heavy atom. The number of oxime groups is 1. The third-order valence-electron chi connectivity index (χ3n) is 4.72. The van der Waals surface area contributed by atoms with Gasteiger partial charge in [-0.2, -0.15) is 0 Å². The summed E-state index contributed by atoms with van der Waals surface area (Å²) in [6.07, 6.45) is 3.43. The molecule has 1 atom stereocenters. The first-order valence-corrected chi connectivity index (χ1v) is 11.0. The van der Waals surface area contributed by atoms with Crippen molar-refractivity contribution in [1.82, 2.24) is 4.98 Å². The molecule has 0 radical (unpaired) electrons. The third-order valence-corrected chi connectivity index (χ3v) is 7.00. The molecule has 9 heteroatoms. The minimum Gasteiger partial charge on any atom is -0.389 e. The first-order chi connectivity index (χ1) is 14.0. The molecule has 152 valence electrons. The van der Waals surface area contributed by atoms with E-state index < -0.39 is 15.7 Å². The third kappa shape index (κ3) is 4.63. The number of carbonyl (C=O) groups excluding carboxylic acids is 1. The van der Waals surface area contributed by atoms with Crippen molar-refractivity contribution in [1.29, 1.82) is 0 Å². The highest BCUT2D eigenvalue weighted by molar-refractivity contribution is 7.92. The summed E-state index contributed by atoms with van der Waals surface area (Å²) in [5.41, 5.74) is 0.491. The fraction of sp³-hybridized carbons (Fsp3) is 0.350. The summed E-state index contributed by atoms with van der Waals surface area (Å²) in [5.74, 6) is -0.122. The molecular weight excluding hydrogens is 394 g/mol. The van der Waals surface area contributed by atoms with Crippen LogP contribution in [0.5, 0.6) is 0 Å². The van der Waals surface area contributed by atoms with Gasteiger partial charge < -0.3 is 14.9 Å². The highest BCUT2D eigenvalue weighted by Crippen LogP contribution is 2.33. The van der Waals surface area contributed by atoms with E-state index in [-0.39, 0.29) is 22.0 Å². The lowest BCUT2D eigenvalue weighted by atomic mass is 10.1. The maximum absolute atomic E-state index is 12.8. The number of nitrogens with zero attached hydrogens (tertiary/aromatic N) is 2. The normalized spacial score (nSPS) is 19.7. The Labute approximate surface area is 168 Å². The van der Waals surface area contributed by atoms with Crippen LogP contribution < -0.4 is 5.32 Å². The van der Waals surface area contributed by atoms with Crippen molar-refractivity contribution in [2.45, 2.75) is 35.5 Å². The monoisotopic (exact) mass is 415 g/mol. The van der Waals surface area contributed by atoms with E-state index >= 15 is 0 Å². The summed E-state index contributed by atoms with van der Waals surface area (Å²) in [5, 5.41) is 6.45. The lowest BCUT2D eigenvalue weighted by molar-refractivity contribution is -0.110. The van der Waals surface area contributed by atoms with Gasteiger partial charge in [0.15, 0.2) is 21.7 Å². The van der Waals surface area contributed by atoms with Crippen molar-refractivity contribution < 1.29 is 22.8 Å². The zero-order valence-electron chi connectivity index (χ0n) is 15.7. The van der Waals surface area contributed by atoms with Crippen molar-refractivity contribution >= 4 is 27.3 Å². The van der Waals surface area contributed by atoms with Crippen LogP contribution in [-0.4, -0.2) is 49.6 Å². The molecule has 2 heterocycles. The Bertz CT molecular complexity index is 996. The molecule has 8 nitrogen and oxygen atoms in total. The summed E-state index contributed by atoms with van der Waals surface area (Å²) in [6.45, 7) is 1.00. The first-order valence-electron chi connectivity index (χ1n) is 9.42. The second-order valence-corrected chi connectivity index (χ2v) is 9.20. The average Bonchev–Trinajstić information content (AvgIpc) is 3.47. The molecule has 1 aromatic heterocycles. The standard InChI is InChI=1S/C20H21N3O5S/c24-20(22-18-3-1-2-11-21-18)19(23-28-15-10-12-27-13-15)14-4-6-16(7-5-14)29(25,26)17-8-9-17/h1-7,11,15,17H,8-10,12-13H2,(H,21,22,24)/b23-19+/t15-/m1/s1. The molecule has 1 amide bonds. The summed E-state index contributed by atoms with van der Waals surface area (Å²) in [6, 6.07) is 11.3. The van der Waals surface area contributed by atoms with Gasteiger partial charge in [0.2, 0.25) is 0 Å². The van der Waals surface area contributed by atoms with E-state index in [1.165, 1.54) is 12.1 Å². The number of anilines is 1. The first kappa shape index (κ1) is 19.5. The summed E-state index contributed by atoms with van der Waals surface area (Å²) in [7, 11) is -3.30. The lowest BCUT2D eigenvalue weighted by Gasteiger charge is -2.11. The van der Waals surface area contributed by atoms with E-state index in [1.807, 2.05) is 0 Å². The zero-order chi connectivity index (χ0) is 20.3. The van der Waals surface area contributed by atoms with Gasteiger partial charge >= 0.3 is 0 Å². The number of nitrogens with one attached hydrogen (secondary N) is 1. The quantitative estimate of drug-likeness (QED) is 0.549. The van der Waals surface area contributed by atoms with Crippen LogP contribution >= 0.6 is 0 Å². The van der Waals surface area contributed by atoms with Crippen LogP contribution in [0.15, 0.2) is 58.7 Å². The molecule has 2 fully saturated rings. The molecule has 1 saturated carbocycles. The van der Waals surface area contributed by atoms with Crippen LogP contribution in [0.1, 0.15) is 24.8 Å². The topological polar surface area (TPSA) is 107 Å². The smallest absolute Gasteiger partial charge is 0.279 e. The second kappa shape index (κ2) is 8.30. The summed E-state index contributed by atoms with van der Waals surface area (Å²) >= 11 is 0. The number of aromatic nitrogens is 1. The number of hydrogen-bond acceptors (Lipinski definition) is 7. The van der Waals surface area contributed by atoms with Crippen molar-refractivity contribution in [3.05, 3.63) is 54.2 Å². The van der Waals surface area contributed by atoms with E-state index in [2.05, 4.69) is 15.5 Å². The Kier molecular flexibility index (Phi) is 5.59. The molecule has 2 aromatic rings. The maximum Gasteiger partial charge on any atom is 0.279 e. The van der Waals surface area contributed by atoms with Crippen LogP contribution in [-0.2, 0) is 24.2 Å². The fourth-order valence-corrected chi connectivity index (χ4v) is 4.59. The van der Waals surface area contributed by atoms with E-state index in [0.717, 1.165) is 0 Å². The van der Waals surface area contributed by atoms with E-state index in [0.29, 0.717) is 43.9 Å². The van der Waals surface area contributed by atoms with Gasteiger partial charge in [0.1, 0.15) is 5.82 Å². The molecule has 1 aliphatic carbocycles. The van der Waals surface area contributed by atoms with Crippen LogP contribution in [0.2, 0.25) is 0 Å². The largest absolute Gasteiger partial charge is 0.389 e. The minimum absolute atomic E-state index is 0.0397. The van der Waals surface area contributed by atoms with Crippen molar-refractivity contribution in [2.75, 3.05) is 18.5 Å². The van der Waals surface area contributed by atoms with Crippen molar-refractivity contribution in [3.63, 3.8) is 0 Å². The Balaban J connectivity index is 1.58. The number of sulfone groups is 1. The van der Waals surface area contributed by atoms with Gasteiger partial charge in [0.05, 0.1) is 23.4 Å². The molecule has 2 aliphatic rings. The molecular formula is C20H21N3O5S. The molecule has 1 saturated heterocycles. The summed E-state index contributed by atoms with van der Waals surface area (Å²) in [4.78, 5) is 22.6. The van der Waals surface area contributed by atoms with Gasteiger partial charge in [-0.3, -0.25) is 4.79 Å². The predicted octanol–water partition coefficient (Wildman–Crippen LogP) is 2.17. The van der Waals surface area contributed by atoms with Crippen LogP contribution in [0.4, 0.5) is 5.82 Å². The molecule has 4 rings (SSSR count). The second-order valence-electron chi connectivity index (χ2n) is 6.97. The van der Waals surface area contributed by atoms with Gasteiger partial charge in [-0.25, -0.2) is 13.4 Å². The number of carbonyl (C=O) groups is 1. The highest BCUT2D eigenvalue weighted by Gasteiger charge is 2.36. The number of pyridine rings is 1. The number of rotatable bonds is 7. The Morgan fingerprint density at radius 3 is 2.55 bits per heavy atom. The van der Waals surface area contributed by atoms with Crippen LogP contribution in [0.25, 0.3) is 0 Å².